The van der Waals surface area contributed by atoms with Crippen LogP contribution >= 0.6 is 0 Å². The van der Waals surface area contributed by atoms with Gasteiger partial charge in [0.2, 0.25) is 0 Å². The average molecular weight is 233 g/mol. The van der Waals surface area contributed by atoms with Crippen LogP contribution < -0.4 is 0 Å². The van der Waals surface area contributed by atoms with E-state index in [1.807, 2.05) is 0 Å². The highest BCUT2D eigenvalue weighted by atomic mass is 28.4. The molecular weight excluding hydrogens is 204 g/mol. The van der Waals surface area contributed by atoms with Crippen molar-refractivity contribution in [1.29, 1.82) is 0 Å². The fourth-order valence-electron chi connectivity index (χ4n) is 1.56. The van der Waals surface area contributed by atoms with Crippen molar-refractivity contribution in [3.8, 4) is 0 Å². The molecule has 0 heterocycles. The lowest BCUT2D eigenvalue weighted by Crippen LogP contribution is -2.40. The van der Waals surface area contributed by atoms with Crippen LogP contribution in [0.25, 0.3) is 0 Å². The molecule has 0 aliphatic heterocycles. The van der Waals surface area contributed by atoms with E-state index in [-0.39, 0.29) is 5.60 Å². The summed E-state index contributed by atoms with van der Waals surface area (Å²) < 4.78 is 6.18. The summed E-state index contributed by atoms with van der Waals surface area (Å²) in [7, 11) is -2.30. The van der Waals surface area contributed by atoms with Crippen LogP contribution in [-0.4, -0.2) is 22.0 Å². The molecule has 0 spiro atoms. The Balaban J connectivity index is 4.09. The van der Waals surface area contributed by atoms with Gasteiger partial charge in [0.25, 0.3) is 0 Å². The molecule has 0 saturated carbocycles. The van der Waals surface area contributed by atoms with Gasteiger partial charge in [-0.15, -0.1) is 0 Å². The van der Waals surface area contributed by atoms with Crippen molar-refractivity contribution in [2.45, 2.75) is 71.2 Å². The molecule has 1 nitrogen and oxygen atoms in total. The van der Waals surface area contributed by atoms with Crippen molar-refractivity contribution in [3.05, 3.63) is 0 Å². The van der Waals surface area contributed by atoms with Crippen molar-refractivity contribution >= 4 is 16.4 Å². The SMILES string of the molecule is CC(C)(C)O[Si](C)(C)CC[Si](C)(C)C. The first-order valence-electron chi connectivity index (χ1n) is 5.62. The van der Waals surface area contributed by atoms with Crippen LogP contribution in [-0.2, 0) is 4.43 Å². The van der Waals surface area contributed by atoms with E-state index in [1.165, 1.54) is 12.1 Å². The third kappa shape index (κ3) is 8.97. The van der Waals surface area contributed by atoms with Gasteiger partial charge >= 0.3 is 0 Å². The minimum atomic E-state index is -1.41. The van der Waals surface area contributed by atoms with Crippen LogP contribution in [0.1, 0.15) is 20.8 Å². The Hall–Kier alpha value is 0.394. The van der Waals surface area contributed by atoms with Gasteiger partial charge in [-0.05, 0) is 39.9 Å². The first kappa shape index (κ1) is 14.4. The summed E-state index contributed by atoms with van der Waals surface area (Å²) in [6.45, 7) is 18.5. The predicted octanol–water partition coefficient (Wildman–Crippen LogP) is 4.34. The lowest BCUT2D eigenvalue weighted by molar-refractivity contribution is 0.120. The smallest absolute Gasteiger partial charge is 0.187 e. The molecule has 0 amide bonds. The topological polar surface area (TPSA) is 9.23 Å². The zero-order valence-corrected chi connectivity index (χ0v) is 13.3. The minimum absolute atomic E-state index is 0.0369. The molecule has 0 atom stereocenters. The third-order valence-corrected chi connectivity index (χ3v) is 6.93. The number of rotatable bonds is 4. The largest absolute Gasteiger partial charge is 0.413 e. The molecular formula is C11H28OSi2. The average Bonchev–Trinajstić information content (AvgIpc) is 1.76. The Morgan fingerprint density at radius 3 is 1.57 bits per heavy atom. The molecule has 0 bridgehead atoms. The van der Waals surface area contributed by atoms with Gasteiger partial charge in [-0.1, -0.05) is 25.7 Å². The fourth-order valence-corrected chi connectivity index (χ4v) is 8.72. The minimum Gasteiger partial charge on any atom is -0.413 e. The van der Waals surface area contributed by atoms with E-state index in [0.29, 0.717) is 0 Å². The first-order chi connectivity index (χ1) is 5.91. The molecule has 3 heteroatoms. The van der Waals surface area contributed by atoms with Gasteiger partial charge in [0, 0.05) is 13.7 Å². The van der Waals surface area contributed by atoms with Gasteiger partial charge in [-0.2, -0.15) is 0 Å². The molecule has 0 fully saturated rings. The molecule has 0 aliphatic carbocycles. The van der Waals surface area contributed by atoms with E-state index >= 15 is 0 Å². The van der Waals surface area contributed by atoms with Gasteiger partial charge < -0.3 is 4.43 Å². The molecule has 0 aliphatic rings. The van der Waals surface area contributed by atoms with Crippen LogP contribution in [0.5, 0.6) is 0 Å². The maximum absolute atomic E-state index is 6.18. The molecule has 0 radical (unpaired) electrons. The van der Waals surface area contributed by atoms with Crippen molar-refractivity contribution in [3.63, 3.8) is 0 Å². The van der Waals surface area contributed by atoms with Gasteiger partial charge in [0.05, 0.1) is 0 Å². The summed E-state index contributed by atoms with van der Waals surface area (Å²) in [5.74, 6) is 0. The number of hydrogen-bond donors (Lipinski definition) is 0. The van der Waals surface area contributed by atoms with E-state index in [4.69, 9.17) is 4.43 Å². The van der Waals surface area contributed by atoms with E-state index in [2.05, 4.69) is 53.5 Å². The summed E-state index contributed by atoms with van der Waals surface area (Å²) in [6.07, 6.45) is 0. The Morgan fingerprint density at radius 1 is 0.857 bits per heavy atom. The highest BCUT2D eigenvalue weighted by molar-refractivity contribution is 6.79. The third-order valence-electron chi connectivity index (χ3n) is 2.06. The molecule has 0 aromatic carbocycles. The fraction of sp³-hybridized carbons (Fsp3) is 1.00. The van der Waals surface area contributed by atoms with E-state index in [9.17, 15) is 0 Å². The summed E-state index contributed by atoms with van der Waals surface area (Å²) in [5.41, 5.74) is 0.0369. The zero-order valence-electron chi connectivity index (χ0n) is 11.3. The molecule has 0 N–H and O–H groups in total. The van der Waals surface area contributed by atoms with Crippen LogP contribution in [0.4, 0.5) is 0 Å². The van der Waals surface area contributed by atoms with Gasteiger partial charge in [0.1, 0.15) is 0 Å². The van der Waals surface area contributed by atoms with E-state index in [1.54, 1.807) is 0 Å². The van der Waals surface area contributed by atoms with Gasteiger partial charge in [0.15, 0.2) is 8.32 Å². The Kier molecular flexibility index (Phi) is 4.62. The van der Waals surface area contributed by atoms with Crippen molar-refractivity contribution < 1.29 is 4.43 Å². The Labute approximate surface area is 92.4 Å². The molecule has 0 saturated heterocycles. The lowest BCUT2D eigenvalue weighted by Gasteiger charge is -2.33. The Bertz CT molecular complexity index is 175. The predicted molar refractivity (Wildman–Crippen MR) is 71.3 cm³/mol. The molecule has 0 unspecified atom stereocenters. The Morgan fingerprint density at radius 2 is 1.29 bits per heavy atom. The first-order valence-corrected chi connectivity index (χ1v) is 12.4. The monoisotopic (exact) mass is 232 g/mol. The normalized spacial score (nSPS) is 14.6. The van der Waals surface area contributed by atoms with Crippen LogP contribution in [0, 0.1) is 0 Å². The second kappa shape index (κ2) is 4.50. The van der Waals surface area contributed by atoms with Crippen LogP contribution in [0.15, 0.2) is 0 Å². The summed E-state index contributed by atoms with van der Waals surface area (Å²) in [6, 6.07) is 2.72. The quantitative estimate of drug-likeness (QED) is 0.655. The zero-order chi connectivity index (χ0) is 11.6. The second-order valence-corrected chi connectivity index (χ2v) is 16.9. The highest BCUT2D eigenvalue weighted by Gasteiger charge is 2.30. The van der Waals surface area contributed by atoms with Gasteiger partial charge in [-0.3, -0.25) is 0 Å². The standard InChI is InChI=1S/C11H28OSi2/c1-11(2,3)12-14(7,8)10-9-13(4,5)6/h9-10H2,1-8H3. The van der Waals surface area contributed by atoms with E-state index < -0.39 is 16.4 Å². The lowest BCUT2D eigenvalue weighted by atomic mass is 10.2. The summed E-state index contributed by atoms with van der Waals surface area (Å²) >= 11 is 0. The van der Waals surface area contributed by atoms with Crippen molar-refractivity contribution in [2.75, 3.05) is 0 Å². The van der Waals surface area contributed by atoms with Gasteiger partial charge in [-0.25, -0.2) is 0 Å². The van der Waals surface area contributed by atoms with Crippen molar-refractivity contribution in [2.24, 2.45) is 0 Å². The van der Waals surface area contributed by atoms with Crippen LogP contribution in [0.2, 0.25) is 44.8 Å². The maximum atomic E-state index is 6.18. The summed E-state index contributed by atoms with van der Waals surface area (Å²) in [5, 5.41) is 0. The molecule has 0 aromatic heterocycles. The molecule has 0 rings (SSSR count). The molecule has 0 aromatic rings. The summed E-state index contributed by atoms with van der Waals surface area (Å²) in [4.78, 5) is 0. The van der Waals surface area contributed by atoms with E-state index in [0.717, 1.165) is 0 Å². The molecule has 14 heavy (non-hydrogen) atoms. The second-order valence-electron chi connectivity index (χ2n) is 7.03. The maximum Gasteiger partial charge on any atom is 0.187 e. The van der Waals surface area contributed by atoms with Crippen molar-refractivity contribution in [1.82, 2.24) is 0 Å². The van der Waals surface area contributed by atoms with Crippen LogP contribution in [0.3, 0.4) is 0 Å². The molecule has 86 valence electrons. The number of hydrogen-bond acceptors (Lipinski definition) is 1. The highest BCUT2D eigenvalue weighted by Crippen LogP contribution is 2.25.